The smallest absolute Gasteiger partial charge is 0.312 e. The van der Waals surface area contributed by atoms with Gasteiger partial charge >= 0.3 is 29.8 Å². The summed E-state index contributed by atoms with van der Waals surface area (Å²) in [4.78, 5) is 62.6. The second-order valence-electron chi connectivity index (χ2n) is 39.8. The van der Waals surface area contributed by atoms with Crippen LogP contribution in [0.15, 0.2) is 0 Å². The Kier molecular flexibility index (Phi) is 29.8. The number of hydrogen-bond acceptors (Lipinski definition) is 10. The first-order valence-corrected chi connectivity index (χ1v) is 42.7. The van der Waals surface area contributed by atoms with Crippen LogP contribution in [0.3, 0.4) is 0 Å². The second kappa shape index (κ2) is 34.5. The van der Waals surface area contributed by atoms with Crippen LogP contribution in [0.5, 0.6) is 0 Å². The van der Waals surface area contributed by atoms with E-state index in [1.54, 1.807) is 0 Å². The van der Waals surface area contributed by atoms with Crippen molar-refractivity contribution in [2.45, 2.75) is 439 Å². The summed E-state index contributed by atoms with van der Waals surface area (Å²) >= 11 is 0. The fourth-order valence-electron chi connectivity index (χ4n) is 21.8. The summed E-state index contributed by atoms with van der Waals surface area (Å²) < 4.78 is 30.7. The van der Waals surface area contributed by atoms with Gasteiger partial charge in [-0.1, -0.05) is 121 Å². The molecule has 0 aromatic carbocycles. The van der Waals surface area contributed by atoms with Crippen LogP contribution in [0.4, 0.5) is 0 Å². The lowest BCUT2D eigenvalue weighted by Crippen LogP contribution is -2.60. The molecule has 10 nitrogen and oxygen atoms in total. The molecule has 12 fully saturated rings. The Hall–Kier alpha value is -2.65. The molecular weight excluding hydrogens is 1240 g/mol. The lowest BCUT2D eigenvalue weighted by molar-refractivity contribution is -0.219. The van der Waals surface area contributed by atoms with Crippen LogP contribution in [-0.2, 0) is 47.7 Å². The van der Waals surface area contributed by atoms with Crippen LogP contribution in [0.2, 0.25) is 0 Å². The van der Waals surface area contributed by atoms with Crippen molar-refractivity contribution in [1.29, 1.82) is 0 Å². The number of ether oxygens (including phenoxy) is 5. The predicted molar refractivity (Wildman–Crippen MR) is 412 cm³/mol. The van der Waals surface area contributed by atoms with Gasteiger partial charge in [-0.3, -0.25) is 24.0 Å². The van der Waals surface area contributed by atoms with Crippen molar-refractivity contribution < 1.29 is 47.7 Å². The van der Waals surface area contributed by atoms with E-state index in [0.717, 1.165) is 118 Å². The van der Waals surface area contributed by atoms with Crippen molar-refractivity contribution in [2.24, 2.45) is 103 Å². The van der Waals surface area contributed by atoms with Gasteiger partial charge in [0.25, 0.3) is 0 Å². The van der Waals surface area contributed by atoms with Crippen LogP contribution in [0.1, 0.15) is 411 Å². The normalized spacial score (nSPS) is 29.1. The van der Waals surface area contributed by atoms with Crippen molar-refractivity contribution in [3.63, 3.8) is 0 Å². The Bertz CT molecular complexity index is 2470. The van der Waals surface area contributed by atoms with Crippen LogP contribution in [-0.4, -0.2) is 57.9 Å². The quantitative estimate of drug-likeness (QED) is 0.0609. The lowest BCUT2D eigenvalue weighted by atomic mass is 9.44. The lowest BCUT2D eigenvalue weighted by Gasteiger charge is -2.63. The molecule has 0 radical (unpaired) electrons. The van der Waals surface area contributed by atoms with Crippen LogP contribution < -0.4 is 0 Å². The minimum Gasteiger partial charge on any atom is -0.459 e. The Morgan fingerprint density at radius 3 is 0.850 bits per heavy atom. The highest BCUT2D eigenvalue weighted by Crippen LogP contribution is 2.67. The monoisotopic (exact) mass is 1400 g/mol. The fraction of sp³-hybridized carbons (Fsp3) is 0.944. The summed E-state index contributed by atoms with van der Waals surface area (Å²) in [5.74, 6) is 8.75. The summed E-state index contributed by atoms with van der Waals surface area (Å²) in [5.41, 5.74) is -2.54. The first kappa shape index (κ1) is 86.3. The molecule has 0 spiro atoms. The molecule has 0 aromatic heterocycles. The van der Waals surface area contributed by atoms with E-state index in [2.05, 4.69) is 96.9 Å². The molecule has 580 valence electrons. The van der Waals surface area contributed by atoms with Gasteiger partial charge in [-0.25, -0.2) is 0 Å². The second-order valence-corrected chi connectivity index (χ2v) is 39.8. The number of carbonyl (C=O) groups excluding carboxylic acids is 5. The Labute approximate surface area is 616 Å². The summed E-state index contributed by atoms with van der Waals surface area (Å²) in [7, 11) is 0. The molecule has 0 aliphatic heterocycles. The van der Waals surface area contributed by atoms with Gasteiger partial charge in [-0.15, -0.1) is 0 Å². The molecule has 10 bridgehead atoms. The van der Waals surface area contributed by atoms with E-state index >= 15 is 0 Å². The number of fused-ring (bicyclic) bond motifs is 2. The van der Waals surface area contributed by atoms with E-state index in [9.17, 15) is 24.0 Å². The van der Waals surface area contributed by atoms with E-state index in [1.807, 2.05) is 76.2 Å². The van der Waals surface area contributed by atoms with Crippen molar-refractivity contribution in [3.05, 3.63) is 0 Å². The molecule has 3 atom stereocenters. The van der Waals surface area contributed by atoms with Crippen LogP contribution >= 0.6 is 0 Å². The van der Waals surface area contributed by atoms with Gasteiger partial charge in [-0.2, -0.15) is 0 Å². The van der Waals surface area contributed by atoms with Gasteiger partial charge in [0.15, 0.2) is 0 Å². The maximum atomic E-state index is 12.9. The Balaban J connectivity index is 0.000000197. The number of esters is 5. The predicted octanol–water partition coefficient (Wildman–Crippen LogP) is 25.1. The highest BCUT2D eigenvalue weighted by atomic mass is 16.6. The first-order chi connectivity index (χ1) is 46.6. The molecule has 10 heteroatoms. The van der Waals surface area contributed by atoms with Crippen molar-refractivity contribution >= 4 is 29.8 Å². The standard InChI is InChI=1S/C21H36O2.C19H32O2.2C17H32O2.C16H28O2/c1-6-19(4,5)18(22)23-21(7-2,8-3)20-12-15-9-16(13-20)11-17(10-15)14-20;1-6-17(2,3)16(20)21-18(4,5)19-10-13-7-14(11-19)9-15(8-13)12-19;2*1-6-16(4,5)15(18)19-17(7-2,8-3)14-12-10-9-11-13-14;1-6-15(2,3)14(17)18-16(4,5)13-10-11-7-8-12(13)9-11/h15-17H,6-14H2,1-5H3;13-15H,6-12H2,1-5H3;2*14H,6-13H2,1-5H3;11-13H,6-10H2,1-5H3. The molecule has 12 saturated carbocycles. The van der Waals surface area contributed by atoms with E-state index in [0.29, 0.717) is 17.8 Å². The Morgan fingerprint density at radius 2 is 0.580 bits per heavy atom. The minimum absolute atomic E-state index is 0.00857. The largest absolute Gasteiger partial charge is 0.459 e. The first-order valence-electron chi connectivity index (χ1n) is 42.7. The van der Waals surface area contributed by atoms with Gasteiger partial charge in [-0.05, 0) is 349 Å². The topological polar surface area (TPSA) is 132 Å². The molecule has 0 aromatic rings. The number of carbonyl (C=O) groups is 5. The molecular formula is C90H160O10. The molecule has 100 heavy (non-hydrogen) atoms. The molecule has 3 unspecified atom stereocenters. The molecule has 12 aliphatic carbocycles. The molecule has 0 N–H and O–H groups in total. The van der Waals surface area contributed by atoms with Crippen molar-refractivity contribution in [3.8, 4) is 0 Å². The third kappa shape index (κ3) is 19.6. The van der Waals surface area contributed by atoms with Crippen LogP contribution in [0.25, 0.3) is 0 Å². The Morgan fingerprint density at radius 1 is 0.290 bits per heavy atom. The van der Waals surface area contributed by atoms with Gasteiger partial charge in [0, 0.05) is 16.7 Å². The summed E-state index contributed by atoms with van der Waals surface area (Å²) in [6.07, 6.45) is 44.4. The third-order valence-corrected chi connectivity index (χ3v) is 31.0. The minimum atomic E-state index is -0.363. The molecule has 0 saturated heterocycles. The third-order valence-electron chi connectivity index (χ3n) is 31.0. The number of hydrogen-bond donors (Lipinski definition) is 0. The highest BCUT2D eigenvalue weighted by molar-refractivity contribution is 5.78. The van der Waals surface area contributed by atoms with Gasteiger partial charge in [0.05, 0.1) is 27.1 Å². The highest BCUT2D eigenvalue weighted by Gasteiger charge is 2.63. The van der Waals surface area contributed by atoms with E-state index in [1.165, 1.54) is 167 Å². The van der Waals surface area contributed by atoms with Gasteiger partial charge in [0.2, 0.25) is 0 Å². The van der Waals surface area contributed by atoms with Crippen molar-refractivity contribution in [1.82, 2.24) is 0 Å². The SMILES string of the molecule is CCC(C)(C)C(=O)OC(C)(C)C12CC3CC(CC(C3)C1)C2.CCC(C)(C)C(=O)OC(C)(C)C1CC2CCC1C2.CCC(C)(C)C(=O)OC(CC)(CC)C12CC3CC(CC(C3)C1)C2.CCC(C)(C)C(=O)OC(CC)(CC)C1CCCCC1.CCC(C)(C)C(=O)OC(CC)(CC)C1CCCCC1. The van der Waals surface area contributed by atoms with Crippen LogP contribution in [0, 0.1) is 103 Å². The molecule has 12 rings (SSSR count). The van der Waals surface area contributed by atoms with E-state index in [-0.39, 0.29) is 95.8 Å². The molecule has 0 heterocycles. The number of rotatable bonds is 26. The van der Waals surface area contributed by atoms with Crippen molar-refractivity contribution in [2.75, 3.05) is 0 Å². The average molecular weight is 1400 g/mol. The summed E-state index contributed by atoms with van der Waals surface area (Å²) in [5, 5.41) is 0. The zero-order chi connectivity index (χ0) is 74.9. The zero-order valence-corrected chi connectivity index (χ0v) is 70.1. The van der Waals surface area contributed by atoms with E-state index < -0.39 is 0 Å². The molecule has 12 aliphatic rings. The summed E-state index contributed by atoms with van der Waals surface area (Å²) in [6, 6.07) is 0. The maximum absolute atomic E-state index is 12.9. The average Bonchev–Trinajstić information content (AvgIpc) is 0.867. The maximum Gasteiger partial charge on any atom is 0.312 e. The fourth-order valence-corrected chi connectivity index (χ4v) is 21.8. The van der Waals surface area contributed by atoms with E-state index in [4.69, 9.17) is 23.7 Å². The molecule has 0 amide bonds. The summed E-state index contributed by atoms with van der Waals surface area (Å²) in [6.45, 7) is 52.1. The zero-order valence-electron chi connectivity index (χ0n) is 70.1. The van der Waals surface area contributed by atoms with Gasteiger partial charge < -0.3 is 23.7 Å². The van der Waals surface area contributed by atoms with Gasteiger partial charge in [0.1, 0.15) is 28.0 Å².